The topological polar surface area (TPSA) is 78.1 Å². The van der Waals surface area contributed by atoms with Crippen LogP contribution in [0.1, 0.15) is 44.9 Å². The summed E-state index contributed by atoms with van der Waals surface area (Å²) in [6.45, 7) is 2.08. The van der Waals surface area contributed by atoms with E-state index in [0.29, 0.717) is 12.6 Å². The third-order valence-corrected chi connectivity index (χ3v) is 5.61. The largest absolute Gasteiger partial charge is 0.326 e. The summed E-state index contributed by atoms with van der Waals surface area (Å²) in [5, 5.41) is 13.8. The highest BCUT2D eigenvalue weighted by atomic mass is 16.2. The second kappa shape index (κ2) is 7.31. The average molecular weight is 330 g/mol. The Morgan fingerprint density at radius 3 is 2.83 bits per heavy atom. The summed E-state index contributed by atoms with van der Waals surface area (Å²) in [7, 11) is 1.80. The number of carbonyl (C=O) groups is 1. The third kappa shape index (κ3) is 3.44. The number of hydrogen-bond acceptors (Lipinski definition) is 5. The highest BCUT2D eigenvalue weighted by Crippen LogP contribution is 2.32. The summed E-state index contributed by atoms with van der Waals surface area (Å²) in [5.41, 5.74) is -0.601. The standard InChI is InChI=1S/C17H26N6O/c1-21(17(12-18)7-3-2-4-8-17)16(24)11-22-9-5-6-15(22)10-23-14-19-13-20-23/h13-15H,2-11H2,1H3. The fourth-order valence-corrected chi connectivity index (χ4v) is 4.03. The lowest BCUT2D eigenvalue weighted by atomic mass is 9.81. The molecular formula is C17H26N6O. The van der Waals surface area contributed by atoms with Crippen molar-refractivity contribution in [2.75, 3.05) is 20.1 Å². The number of amides is 1. The van der Waals surface area contributed by atoms with Crippen molar-refractivity contribution >= 4 is 5.91 Å². The number of hydrogen-bond donors (Lipinski definition) is 0. The first-order chi connectivity index (χ1) is 11.6. The van der Waals surface area contributed by atoms with Gasteiger partial charge in [-0.2, -0.15) is 10.4 Å². The van der Waals surface area contributed by atoms with Gasteiger partial charge in [0.2, 0.25) is 5.91 Å². The Morgan fingerprint density at radius 2 is 2.17 bits per heavy atom. The van der Waals surface area contributed by atoms with E-state index in [1.54, 1.807) is 18.3 Å². The quantitative estimate of drug-likeness (QED) is 0.816. The molecule has 24 heavy (non-hydrogen) atoms. The molecule has 2 fully saturated rings. The zero-order valence-corrected chi connectivity index (χ0v) is 14.4. The molecule has 1 aromatic heterocycles. The van der Waals surface area contributed by atoms with Crippen LogP contribution in [0, 0.1) is 11.3 Å². The van der Waals surface area contributed by atoms with E-state index in [9.17, 15) is 10.1 Å². The highest BCUT2D eigenvalue weighted by Gasteiger charge is 2.39. The number of nitrogens with zero attached hydrogens (tertiary/aromatic N) is 6. The average Bonchev–Trinajstić information content (AvgIpc) is 3.28. The van der Waals surface area contributed by atoms with Gasteiger partial charge in [-0.3, -0.25) is 14.4 Å². The molecule has 1 unspecified atom stereocenters. The predicted molar refractivity (Wildman–Crippen MR) is 88.8 cm³/mol. The molecule has 0 N–H and O–H groups in total. The van der Waals surface area contributed by atoms with Gasteiger partial charge in [-0.25, -0.2) is 4.98 Å². The molecule has 1 atom stereocenters. The molecule has 1 saturated heterocycles. The maximum absolute atomic E-state index is 12.8. The maximum Gasteiger partial charge on any atom is 0.237 e. The first-order valence-corrected chi connectivity index (χ1v) is 8.89. The molecule has 130 valence electrons. The van der Waals surface area contributed by atoms with Gasteiger partial charge in [-0.1, -0.05) is 19.3 Å². The van der Waals surface area contributed by atoms with Crippen LogP contribution >= 0.6 is 0 Å². The van der Waals surface area contributed by atoms with Crippen LogP contribution in [0.5, 0.6) is 0 Å². The molecule has 7 nitrogen and oxygen atoms in total. The Kier molecular flexibility index (Phi) is 5.14. The van der Waals surface area contributed by atoms with Crippen LogP contribution in [-0.4, -0.2) is 62.2 Å². The molecule has 2 aliphatic rings. The number of rotatable bonds is 5. The van der Waals surface area contributed by atoms with Crippen molar-refractivity contribution in [2.45, 2.75) is 63.1 Å². The lowest BCUT2D eigenvalue weighted by Crippen LogP contribution is -2.53. The van der Waals surface area contributed by atoms with Crippen molar-refractivity contribution in [3.05, 3.63) is 12.7 Å². The third-order valence-electron chi connectivity index (χ3n) is 5.61. The second-order valence-electron chi connectivity index (χ2n) is 7.04. The Morgan fingerprint density at radius 1 is 1.38 bits per heavy atom. The SMILES string of the molecule is CN(C(=O)CN1CCCC1Cn1cncn1)C1(C#N)CCCCC1. The fraction of sp³-hybridized carbons (Fsp3) is 0.765. The van der Waals surface area contributed by atoms with Crippen LogP contribution in [0.15, 0.2) is 12.7 Å². The molecule has 0 radical (unpaired) electrons. The number of carbonyl (C=O) groups excluding carboxylic acids is 1. The smallest absolute Gasteiger partial charge is 0.237 e. The molecule has 1 saturated carbocycles. The van der Waals surface area contributed by atoms with Crippen LogP contribution in [0.2, 0.25) is 0 Å². The van der Waals surface area contributed by atoms with E-state index in [2.05, 4.69) is 21.1 Å². The lowest BCUT2D eigenvalue weighted by Gasteiger charge is -2.40. The van der Waals surface area contributed by atoms with Crippen molar-refractivity contribution in [3.8, 4) is 6.07 Å². The van der Waals surface area contributed by atoms with E-state index in [1.165, 1.54) is 6.33 Å². The summed E-state index contributed by atoms with van der Waals surface area (Å²) in [6.07, 6.45) is 10.3. The molecule has 0 bridgehead atoms. The van der Waals surface area contributed by atoms with Gasteiger partial charge < -0.3 is 4.90 Å². The van der Waals surface area contributed by atoms with Gasteiger partial charge in [0.25, 0.3) is 0 Å². The number of likely N-dealkylation sites (N-methyl/N-ethyl adjacent to an activating group) is 1. The second-order valence-corrected chi connectivity index (χ2v) is 7.04. The van der Waals surface area contributed by atoms with E-state index in [-0.39, 0.29) is 5.91 Å². The Bertz CT molecular complexity index is 587. The van der Waals surface area contributed by atoms with Crippen LogP contribution in [0.4, 0.5) is 0 Å². The van der Waals surface area contributed by atoms with E-state index < -0.39 is 5.54 Å². The Labute approximate surface area is 143 Å². The number of likely N-dealkylation sites (tertiary alicyclic amines) is 1. The van der Waals surface area contributed by atoms with Crippen LogP contribution in [0.25, 0.3) is 0 Å². The van der Waals surface area contributed by atoms with Crippen molar-refractivity contribution in [3.63, 3.8) is 0 Å². The molecule has 1 aliphatic carbocycles. The number of aromatic nitrogens is 3. The van der Waals surface area contributed by atoms with Gasteiger partial charge in [0, 0.05) is 13.1 Å². The summed E-state index contributed by atoms with van der Waals surface area (Å²) < 4.78 is 1.83. The Balaban J connectivity index is 1.61. The van der Waals surface area contributed by atoms with Crippen LogP contribution < -0.4 is 0 Å². The highest BCUT2D eigenvalue weighted by molar-refractivity contribution is 5.79. The van der Waals surface area contributed by atoms with Crippen molar-refractivity contribution in [2.24, 2.45) is 0 Å². The number of nitriles is 1. The summed E-state index contributed by atoms with van der Waals surface area (Å²) in [5.74, 6) is 0.0592. The summed E-state index contributed by atoms with van der Waals surface area (Å²) in [4.78, 5) is 20.7. The van der Waals surface area contributed by atoms with E-state index in [0.717, 1.165) is 58.0 Å². The molecule has 1 aromatic rings. The van der Waals surface area contributed by atoms with Gasteiger partial charge >= 0.3 is 0 Å². The van der Waals surface area contributed by atoms with Gasteiger partial charge in [0.1, 0.15) is 18.2 Å². The zero-order chi connectivity index (χ0) is 17.0. The summed E-state index contributed by atoms with van der Waals surface area (Å²) >= 11 is 0. The summed E-state index contributed by atoms with van der Waals surface area (Å²) in [6, 6.07) is 2.75. The maximum atomic E-state index is 12.8. The zero-order valence-electron chi connectivity index (χ0n) is 14.4. The molecular weight excluding hydrogens is 304 g/mol. The first-order valence-electron chi connectivity index (χ1n) is 8.89. The molecule has 7 heteroatoms. The van der Waals surface area contributed by atoms with Crippen molar-refractivity contribution in [1.82, 2.24) is 24.6 Å². The Hall–Kier alpha value is -1.94. The normalized spacial score (nSPS) is 23.8. The lowest BCUT2D eigenvalue weighted by molar-refractivity contribution is -0.136. The van der Waals surface area contributed by atoms with E-state index in [1.807, 2.05) is 4.68 Å². The molecule has 3 rings (SSSR count). The van der Waals surface area contributed by atoms with E-state index in [4.69, 9.17) is 0 Å². The first kappa shape index (κ1) is 16.9. The fourth-order valence-electron chi connectivity index (χ4n) is 4.03. The van der Waals surface area contributed by atoms with E-state index >= 15 is 0 Å². The van der Waals surface area contributed by atoms with Gasteiger partial charge in [-0.15, -0.1) is 0 Å². The minimum atomic E-state index is -0.601. The molecule has 1 amide bonds. The molecule has 0 aromatic carbocycles. The molecule has 2 heterocycles. The van der Waals surface area contributed by atoms with Gasteiger partial charge in [0.05, 0.1) is 19.2 Å². The van der Waals surface area contributed by atoms with Crippen molar-refractivity contribution in [1.29, 1.82) is 5.26 Å². The minimum Gasteiger partial charge on any atom is -0.326 e. The molecule has 1 aliphatic heterocycles. The van der Waals surface area contributed by atoms with Crippen LogP contribution in [0.3, 0.4) is 0 Å². The van der Waals surface area contributed by atoms with Gasteiger partial charge in [0.15, 0.2) is 0 Å². The predicted octanol–water partition coefficient (Wildman–Crippen LogP) is 1.43. The van der Waals surface area contributed by atoms with Crippen LogP contribution in [-0.2, 0) is 11.3 Å². The molecule has 0 spiro atoms. The van der Waals surface area contributed by atoms with Crippen molar-refractivity contribution < 1.29 is 4.79 Å². The van der Waals surface area contributed by atoms with Gasteiger partial charge in [-0.05, 0) is 32.2 Å². The monoisotopic (exact) mass is 330 g/mol. The minimum absolute atomic E-state index is 0.0592.